The van der Waals surface area contributed by atoms with E-state index in [2.05, 4.69) is 17.2 Å². The number of benzene rings is 1. The first-order valence-corrected chi connectivity index (χ1v) is 5.18. The monoisotopic (exact) mass is 217 g/mol. The first-order valence-electron chi connectivity index (χ1n) is 5.18. The Morgan fingerprint density at radius 1 is 1.44 bits per heavy atom. The van der Waals surface area contributed by atoms with Crippen LogP contribution in [0.25, 0.3) is 0 Å². The van der Waals surface area contributed by atoms with Gasteiger partial charge in [0.2, 0.25) is 0 Å². The molecule has 1 atom stereocenters. The van der Waals surface area contributed by atoms with Gasteiger partial charge in [0, 0.05) is 24.6 Å². The quantitative estimate of drug-likeness (QED) is 0.735. The van der Waals surface area contributed by atoms with Crippen LogP contribution in [0, 0.1) is 17.8 Å². The first kappa shape index (κ1) is 12.3. The van der Waals surface area contributed by atoms with Gasteiger partial charge in [-0.15, -0.1) is 0 Å². The van der Waals surface area contributed by atoms with Crippen LogP contribution in [0.3, 0.4) is 0 Å². The smallest absolute Gasteiger partial charge is 0.296 e. The van der Waals surface area contributed by atoms with Crippen LogP contribution in [0.5, 0.6) is 0 Å². The van der Waals surface area contributed by atoms with Crippen LogP contribution < -0.4 is 5.32 Å². The maximum absolute atomic E-state index is 11.3. The van der Waals surface area contributed by atoms with E-state index in [0.717, 1.165) is 5.56 Å². The highest BCUT2D eigenvalue weighted by molar-refractivity contribution is 5.94. The molecule has 1 aromatic rings. The number of carbonyl (C=O) groups is 1. The van der Waals surface area contributed by atoms with Crippen LogP contribution >= 0.6 is 0 Å². The summed E-state index contributed by atoms with van der Waals surface area (Å²) in [7, 11) is 0. The minimum absolute atomic E-state index is 0.0578. The summed E-state index contributed by atoms with van der Waals surface area (Å²) >= 11 is 0. The van der Waals surface area contributed by atoms with Gasteiger partial charge in [-0.25, -0.2) is 0 Å². The van der Waals surface area contributed by atoms with Gasteiger partial charge in [-0.1, -0.05) is 31.0 Å². The lowest BCUT2D eigenvalue weighted by atomic mass is 10.2. The number of carbonyl (C=O) groups excluding carboxylic acids is 1. The maximum Gasteiger partial charge on any atom is 0.296 e. The molecular formula is C13H15NO2. The fourth-order valence-electron chi connectivity index (χ4n) is 1.03. The Hall–Kier alpha value is -1.79. The standard InChI is InChI=1S/C13H15NO2/c1-11(10-15)9-14-13(16)8-7-12-5-3-2-4-6-12/h2-6,11,15H,9-10H2,1H3,(H,14,16). The van der Waals surface area contributed by atoms with E-state index in [1.807, 2.05) is 37.3 Å². The highest BCUT2D eigenvalue weighted by Gasteiger charge is 2.00. The molecule has 0 heterocycles. The third-order valence-corrected chi connectivity index (χ3v) is 2.02. The average molecular weight is 217 g/mol. The van der Waals surface area contributed by atoms with E-state index in [0.29, 0.717) is 6.54 Å². The number of hydrogen-bond acceptors (Lipinski definition) is 2. The van der Waals surface area contributed by atoms with Crippen LogP contribution in [-0.2, 0) is 4.79 Å². The number of amides is 1. The second-order valence-corrected chi connectivity index (χ2v) is 3.61. The SMILES string of the molecule is CC(CO)CNC(=O)C#Cc1ccccc1. The Kier molecular flexibility index (Phi) is 5.10. The molecule has 3 nitrogen and oxygen atoms in total. The van der Waals surface area contributed by atoms with E-state index in [-0.39, 0.29) is 18.4 Å². The Morgan fingerprint density at radius 2 is 2.12 bits per heavy atom. The third-order valence-electron chi connectivity index (χ3n) is 2.02. The molecule has 0 spiro atoms. The largest absolute Gasteiger partial charge is 0.396 e. The van der Waals surface area contributed by atoms with Gasteiger partial charge in [0.25, 0.3) is 5.91 Å². The summed E-state index contributed by atoms with van der Waals surface area (Å²) < 4.78 is 0. The fraction of sp³-hybridized carbons (Fsp3) is 0.308. The van der Waals surface area contributed by atoms with Crippen molar-refractivity contribution in [2.75, 3.05) is 13.2 Å². The Bertz CT molecular complexity index is 389. The molecule has 84 valence electrons. The Morgan fingerprint density at radius 3 is 2.75 bits per heavy atom. The molecule has 0 saturated carbocycles. The van der Waals surface area contributed by atoms with Crippen LogP contribution in [0.15, 0.2) is 30.3 Å². The van der Waals surface area contributed by atoms with Crippen molar-refractivity contribution in [2.45, 2.75) is 6.92 Å². The summed E-state index contributed by atoms with van der Waals surface area (Å²) in [6.07, 6.45) is 0. The molecule has 0 aromatic heterocycles. The molecule has 0 aliphatic carbocycles. The molecule has 0 radical (unpaired) electrons. The molecule has 1 amide bonds. The topological polar surface area (TPSA) is 49.3 Å². The van der Waals surface area contributed by atoms with Gasteiger partial charge < -0.3 is 10.4 Å². The summed E-state index contributed by atoms with van der Waals surface area (Å²) in [5, 5.41) is 11.4. The van der Waals surface area contributed by atoms with Gasteiger partial charge in [-0.3, -0.25) is 4.79 Å². The Labute approximate surface area is 95.5 Å². The maximum atomic E-state index is 11.3. The van der Waals surface area contributed by atoms with Crippen molar-refractivity contribution in [3.05, 3.63) is 35.9 Å². The summed E-state index contributed by atoms with van der Waals surface area (Å²) in [5.74, 6) is 5.00. The zero-order valence-corrected chi connectivity index (χ0v) is 9.23. The highest BCUT2D eigenvalue weighted by atomic mass is 16.3. The molecule has 0 aliphatic rings. The molecular weight excluding hydrogens is 202 g/mol. The molecule has 0 fully saturated rings. The van der Waals surface area contributed by atoms with Crippen molar-refractivity contribution in [2.24, 2.45) is 5.92 Å². The predicted octanol–water partition coefficient (Wildman–Crippen LogP) is 0.783. The van der Waals surface area contributed by atoms with E-state index < -0.39 is 0 Å². The van der Waals surface area contributed by atoms with Crippen LogP contribution in [0.1, 0.15) is 12.5 Å². The van der Waals surface area contributed by atoms with Crippen LogP contribution in [0.4, 0.5) is 0 Å². The average Bonchev–Trinajstić information content (AvgIpc) is 2.34. The number of rotatable bonds is 3. The molecule has 1 aromatic carbocycles. The van der Waals surface area contributed by atoms with Crippen molar-refractivity contribution in [3.8, 4) is 11.8 Å². The lowest BCUT2D eigenvalue weighted by Gasteiger charge is -2.06. The lowest BCUT2D eigenvalue weighted by Crippen LogP contribution is -2.28. The predicted molar refractivity (Wildman–Crippen MR) is 62.6 cm³/mol. The number of aliphatic hydroxyl groups excluding tert-OH is 1. The third kappa shape index (κ3) is 4.63. The van der Waals surface area contributed by atoms with Crippen molar-refractivity contribution < 1.29 is 9.90 Å². The summed E-state index contributed by atoms with van der Waals surface area (Å²) in [6, 6.07) is 9.33. The van der Waals surface area contributed by atoms with Gasteiger partial charge in [-0.05, 0) is 18.1 Å². The molecule has 0 aliphatic heterocycles. The van der Waals surface area contributed by atoms with Gasteiger partial charge in [0.05, 0.1) is 0 Å². The zero-order chi connectivity index (χ0) is 11.8. The minimum Gasteiger partial charge on any atom is -0.396 e. The highest BCUT2D eigenvalue weighted by Crippen LogP contribution is 1.94. The van der Waals surface area contributed by atoms with Gasteiger partial charge in [0.1, 0.15) is 0 Å². The van der Waals surface area contributed by atoms with E-state index in [1.54, 1.807) is 0 Å². The molecule has 1 rings (SSSR count). The second-order valence-electron chi connectivity index (χ2n) is 3.61. The van der Waals surface area contributed by atoms with Crippen LogP contribution in [-0.4, -0.2) is 24.2 Å². The van der Waals surface area contributed by atoms with Crippen molar-refractivity contribution in [1.82, 2.24) is 5.32 Å². The summed E-state index contributed by atoms with van der Waals surface area (Å²) in [5.41, 5.74) is 0.813. The number of hydrogen-bond donors (Lipinski definition) is 2. The molecule has 0 bridgehead atoms. The summed E-state index contributed by atoms with van der Waals surface area (Å²) in [6.45, 7) is 2.36. The van der Waals surface area contributed by atoms with Crippen molar-refractivity contribution in [1.29, 1.82) is 0 Å². The van der Waals surface area contributed by atoms with Crippen molar-refractivity contribution >= 4 is 5.91 Å². The van der Waals surface area contributed by atoms with Gasteiger partial charge in [0.15, 0.2) is 0 Å². The fourth-order valence-corrected chi connectivity index (χ4v) is 1.03. The lowest BCUT2D eigenvalue weighted by molar-refractivity contribution is -0.115. The second kappa shape index (κ2) is 6.65. The molecule has 2 N–H and O–H groups in total. The number of aliphatic hydroxyl groups is 1. The molecule has 3 heteroatoms. The van der Waals surface area contributed by atoms with E-state index in [1.165, 1.54) is 0 Å². The van der Waals surface area contributed by atoms with E-state index in [9.17, 15) is 4.79 Å². The van der Waals surface area contributed by atoms with Crippen LogP contribution in [0.2, 0.25) is 0 Å². The zero-order valence-electron chi connectivity index (χ0n) is 9.23. The van der Waals surface area contributed by atoms with Gasteiger partial charge in [-0.2, -0.15) is 0 Å². The Balaban J connectivity index is 2.43. The number of nitrogens with one attached hydrogen (secondary N) is 1. The van der Waals surface area contributed by atoms with Crippen molar-refractivity contribution in [3.63, 3.8) is 0 Å². The molecule has 16 heavy (non-hydrogen) atoms. The molecule has 0 saturated heterocycles. The van der Waals surface area contributed by atoms with E-state index >= 15 is 0 Å². The summed E-state index contributed by atoms with van der Waals surface area (Å²) in [4.78, 5) is 11.3. The van der Waals surface area contributed by atoms with E-state index in [4.69, 9.17) is 5.11 Å². The first-order chi connectivity index (χ1) is 7.72. The van der Waals surface area contributed by atoms with Gasteiger partial charge >= 0.3 is 0 Å². The molecule has 1 unspecified atom stereocenters. The minimum atomic E-state index is -0.316. The normalized spacial score (nSPS) is 11.1.